The number of nitrogens with one attached hydrogen (secondary N) is 1. The van der Waals surface area contributed by atoms with E-state index in [0.29, 0.717) is 18.8 Å². The number of hydrogen-bond acceptors (Lipinski definition) is 2. The molecule has 0 bridgehead atoms. The number of hydrogen-bond donors (Lipinski definition) is 1. The van der Waals surface area contributed by atoms with Crippen molar-refractivity contribution in [3.8, 4) is 0 Å². The highest BCUT2D eigenvalue weighted by molar-refractivity contribution is 9.10. The second-order valence-corrected chi connectivity index (χ2v) is 5.83. The summed E-state index contributed by atoms with van der Waals surface area (Å²) in [7, 11) is 1.65. The molecule has 1 aromatic heterocycles. The molecule has 4 nitrogen and oxygen atoms in total. The predicted molar refractivity (Wildman–Crippen MR) is 87.9 cm³/mol. The SMILES string of the molecule is COCCn1cccc1C(=O)Nc1c(C)cc(C)cc1Br. The smallest absolute Gasteiger partial charge is 0.272 e. The van der Waals surface area contributed by atoms with Crippen LogP contribution in [0.4, 0.5) is 5.69 Å². The molecular weight excluding hydrogens is 332 g/mol. The van der Waals surface area contributed by atoms with Crippen LogP contribution in [0.5, 0.6) is 0 Å². The zero-order chi connectivity index (χ0) is 15.4. The van der Waals surface area contributed by atoms with Crippen LogP contribution in [0.1, 0.15) is 21.6 Å². The van der Waals surface area contributed by atoms with Gasteiger partial charge >= 0.3 is 0 Å². The number of carbonyl (C=O) groups excluding carboxylic acids is 1. The lowest BCUT2D eigenvalue weighted by atomic mass is 10.1. The zero-order valence-corrected chi connectivity index (χ0v) is 14.0. The van der Waals surface area contributed by atoms with Gasteiger partial charge in [0.1, 0.15) is 5.69 Å². The van der Waals surface area contributed by atoms with Gasteiger partial charge in [-0.25, -0.2) is 0 Å². The molecule has 0 aliphatic rings. The van der Waals surface area contributed by atoms with Crippen molar-refractivity contribution in [2.75, 3.05) is 19.0 Å². The van der Waals surface area contributed by atoms with E-state index in [1.54, 1.807) is 7.11 Å². The summed E-state index contributed by atoms with van der Waals surface area (Å²) in [5.41, 5.74) is 3.62. The Morgan fingerprint density at radius 2 is 2.14 bits per heavy atom. The minimum Gasteiger partial charge on any atom is -0.383 e. The van der Waals surface area contributed by atoms with Crippen LogP contribution in [0.25, 0.3) is 0 Å². The highest BCUT2D eigenvalue weighted by Crippen LogP contribution is 2.28. The van der Waals surface area contributed by atoms with Gasteiger partial charge in [-0.2, -0.15) is 0 Å². The van der Waals surface area contributed by atoms with E-state index in [4.69, 9.17) is 4.74 Å². The molecule has 5 heteroatoms. The Bertz CT molecular complexity index is 626. The number of aromatic nitrogens is 1. The number of amides is 1. The number of nitrogens with zero attached hydrogens (tertiary/aromatic N) is 1. The number of methoxy groups -OCH3 is 1. The van der Waals surface area contributed by atoms with Crippen molar-refractivity contribution in [1.82, 2.24) is 4.57 Å². The molecule has 1 aromatic carbocycles. The molecule has 0 unspecified atom stereocenters. The molecular formula is C16H19BrN2O2. The van der Waals surface area contributed by atoms with Crippen LogP contribution in [-0.2, 0) is 11.3 Å². The Hall–Kier alpha value is -1.59. The zero-order valence-electron chi connectivity index (χ0n) is 12.4. The molecule has 21 heavy (non-hydrogen) atoms. The second-order valence-electron chi connectivity index (χ2n) is 4.97. The fourth-order valence-electron chi connectivity index (χ4n) is 2.26. The first kappa shape index (κ1) is 15.8. The molecule has 0 saturated heterocycles. The lowest BCUT2D eigenvalue weighted by Gasteiger charge is -2.13. The van der Waals surface area contributed by atoms with Gasteiger partial charge < -0.3 is 14.6 Å². The van der Waals surface area contributed by atoms with E-state index >= 15 is 0 Å². The van der Waals surface area contributed by atoms with E-state index in [0.717, 1.165) is 21.3 Å². The summed E-state index contributed by atoms with van der Waals surface area (Å²) in [6.45, 7) is 5.24. The predicted octanol–water partition coefficient (Wildman–Crippen LogP) is 3.77. The molecule has 112 valence electrons. The van der Waals surface area contributed by atoms with Crippen molar-refractivity contribution in [3.63, 3.8) is 0 Å². The summed E-state index contributed by atoms with van der Waals surface area (Å²) in [5, 5.41) is 2.98. The average molecular weight is 351 g/mol. The number of anilines is 1. The molecule has 1 heterocycles. The molecule has 0 aliphatic heterocycles. The molecule has 0 aliphatic carbocycles. The molecule has 0 fully saturated rings. The fourth-order valence-corrected chi connectivity index (χ4v) is 3.03. The molecule has 1 N–H and O–H groups in total. The van der Waals surface area contributed by atoms with E-state index < -0.39 is 0 Å². The van der Waals surface area contributed by atoms with Crippen LogP contribution in [0.3, 0.4) is 0 Å². The third-order valence-electron chi connectivity index (χ3n) is 3.27. The lowest BCUT2D eigenvalue weighted by molar-refractivity contribution is 0.101. The molecule has 1 amide bonds. The minimum absolute atomic E-state index is 0.122. The van der Waals surface area contributed by atoms with Gasteiger partial charge in [0.2, 0.25) is 0 Å². The normalized spacial score (nSPS) is 10.7. The summed E-state index contributed by atoms with van der Waals surface area (Å²) in [5.74, 6) is -0.122. The van der Waals surface area contributed by atoms with E-state index in [2.05, 4.69) is 21.2 Å². The topological polar surface area (TPSA) is 43.3 Å². The van der Waals surface area contributed by atoms with Crippen molar-refractivity contribution < 1.29 is 9.53 Å². The van der Waals surface area contributed by atoms with Crippen LogP contribution in [0.15, 0.2) is 34.9 Å². The second kappa shape index (κ2) is 6.91. The summed E-state index contributed by atoms with van der Waals surface area (Å²) >= 11 is 3.51. The van der Waals surface area contributed by atoms with Crippen LogP contribution in [0.2, 0.25) is 0 Å². The number of ether oxygens (including phenoxy) is 1. The Labute approximate surface area is 133 Å². The third-order valence-corrected chi connectivity index (χ3v) is 3.89. The highest BCUT2D eigenvalue weighted by Gasteiger charge is 2.14. The van der Waals surface area contributed by atoms with Crippen LogP contribution < -0.4 is 5.32 Å². The molecule has 2 rings (SSSR count). The van der Waals surface area contributed by atoms with Gasteiger partial charge in [-0.05, 0) is 59.1 Å². The molecule has 0 spiro atoms. The van der Waals surface area contributed by atoms with Gasteiger partial charge in [0, 0.05) is 24.3 Å². The maximum absolute atomic E-state index is 12.5. The maximum atomic E-state index is 12.5. The number of benzene rings is 1. The Balaban J connectivity index is 2.21. The first-order chi connectivity index (χ1) is 10.0. The van der Waals surface area contributed by atoms with Gasteiger partial charge in [0.25, 0.3) is 5.91 Å². The number of carbonyl (C=O) groups is 1. The van der Waals surface area contributed by atoms with E-state index in [1.807, 2.05) is 48.9 Å². The van der Waals surface area contributed by atoms with Crippen molar-refractivity contribution in [2.45, 2.75) is 20.4 Å². The standard InChI is InChI=1S/C16H19BrN2O2/c1-11-9-12(2)15(13(17)10-11)18-16(20)14-5-4-6-19(14)7-8-21-3/h4-6,9-10H,7-8H2,1-3H3,(H,18,20). The summed E-state index contributed by atoms with van der Waals surface area (Å²) < 4.78 is 7.84. The summed E-state index contributed by atoms with van der Waals surface area (Å²) in [6.07, 6.45) is 1.88. The van der Waals surface area contributed by atoms with E-state index in [9.17, 15) is 4.79 Å². The Morgan fingerprint density at radius 3 is 2.81 bits per heavy atom. The molecule has 0 saturated carbocycles. The Kier molecular flexibility index (Phi) is 5.20. The number of rotatable bonds is 5. The largest absolute Gasteiger partial charge is 0.383 e. The maximum Gasteiger partial charge on any atom is 0.272 e. The van der Waals surface area contributed by atoms with Crippen LogP contribution in [0, 0.1) is 13.8 Å². The number of aryl methyl sites for hydroxylation is 2. The van der Waals surface area contributed by atoms with Crippen LogP contribution >= 0.6 is 15.9 Å². The van der Waals surface area contributed by atoms with E-state index in [-0.39, 0.29) is 5.91 Å². The van der Waals surface area contributed by atoms with Crippen molar-refractivity contribution in [1.29, 1.82) is 0 Å². The summed E-state index contributed by atoms with van der Waals surface area (Å²) in [4.78, 5) is 12.5. The average Bonchev–Trinajstić information content (AvgIpc) is 2.88. The number of halogens is 1. The van der Waals surface area contributed by atoms with Crippen molar-refractivity contribution >= 4 is 27.5 Å². The van der Waals surface area contributed by atoms with Crippen molar-refractivity contribution in [2.24, 2.45) is 0 Å². The lowest BCUT2D eigenvalue weighted by Crippen LogP contribution is -2.19. The van der Waals surface area contributed by atoms with Gasteiger partial charge in [-0.1, -0.05) is 6.07 Å². The summed E-state index contributed by atoms with van der Waals surface area (Å²) in [6, 6.07) is 7.71. The van der Waals surface area contributed by atoms with Gasteiger partial charge in [-0.3, -0.25) is 4.79 Å². The Morgan fingerprint density at radius 1 is 1.38 bits per heavy atom. The van der Waals surface area contributed by atoms with Gasteiger partial charge in [0.15, 0.2) is 0 Å². The van der Waals surface area contributed by atoms with Crippen molar-refractivity contribution in [3.05, 3.63) is 51.8 Å². The first-order valence-corrected chi connectivity index (χ1v) is 7.54. The van der Waals surface area contributed by atoms with E-state index in [1.165, 1.54) is 0 Å². The van der Waals surface area contributed by atoms with Crippen LogP contribution in [-0.4, -0.2) is 24.2 Å². The third kappa shape index (κ3) is 3.74. The first-order valence-electron chi connectivity index (χ1n) is 6.75. The fraction of sp³-hybridized carbons (Fsp3) is 0.312. The highest BCUT2D eigenvalue weighted by atomic mass is 79.9. The monoisotopic (exact) mass is 350 g/mol. The molecule has 2 aromatic rings. The quantitative estimate of drug-likeness (QED) is 0.891. The molecule has 0 atom stereocenters. The minimum atomic E-state index is -0.122. The molecule has 0 radical (unpaired) electrons. The van der Waals surface area contributed by atoms with Gasteiger partial charge in [0.05, 0.1) is 12.3 Å². The van der Waals surface area contributed by atoms with Gasteiger partial charge in [-0.15, -0.1) is 0 Å².